The first-order valence-electron chi connectivity index (χ1n) is 16.0. The van der Waals surface area contributed by atoms with Gasteiger partial charge in [0, 0.05) is 53.4 Å². The highest BCUT2D eigenvalue weighted by molar-refractivity contribution is 5.93. The molecule has 2 heterocycles. The van der Waals surface area contributed by atoms with E-state index in [9.17, 15) is 9.59 Å². The van der Waals surface area contributed by atoms with Gasteiger partial charge >= 0.3 is 11.9 Å². The predicted octanol–water partition coefficient (Wildman–Crippen LogP) is 8.24. The maximum absolute atomic E-state index is 12.6. The summed E-state index contributed by atoms with van der Waals surface area (Å²) in [6.07, 6.45) is 14.1. The molecule has 0 aromatic carbocycles. The van der Waals surface area contributed by atoms with Gasteiger partial charge in [-0.1, -0.05) is 51.7 Å². The summed E-state index contributed by atoms with van der Waals surface area (Å²) in [5.74, 6) is -0.908. The second kappa shape index (κ2) is 15.7. The van der Waals surface area contributed by atoms with Crippen LogP contribution in [0.4, 0.5) is 0 Å². The zero-order valence-electron chi connectivity index (χ0n) is 28.7. The Morgan fingerprint density at radius 2 is 1.12 bits per heavy atom. The predicted molar refractivity (Wildman–Crippen MR) is 172 cm³/mol. The Hall–Kier alpha value is -1.66. The normalized spacial score (nSPS) is 22.2. The van der Waals surface area contributed by atoms with E-state index in [4.69, 9.17) is 9.47 Å². The van der Waals surface area contributed by atoms with E-state index < -0.39 is 11.9 Å². The minimum absolute atomic E-state index is 0.0730. The molecular weight excluding hydrogens is 512 g/mol. The zero-order chi connectivity index (χ0) is 31.6. The van der Waals surface area contributed by atoms with Gasteiger partial charge in [-0.3, -0.25) is 14.6 Å². The summed E-state index contributed by atoms with van der Waals surface area (Å²) in [6, 6.07) is 0. The van der Waals surface area contributed by atoms with Crippen molar-refractivity contribution in [2.45, 2.75) is 174 Å². The molecule has 0 aromatic heterocycles. The van der Waals surface area contributed by atoms with Crippen molar-refractivity contribution in [3.63, 3.8) is 0 Å². The van der Waals surface area contributed by atoms with Crippen molar-refractivity contribution in [2.24, 2.45) is 0 Å². The highest BCUT2D eigenvalue weighted by Gasteiger charge is 2.46. The lowest BCUT2D eigenvalue weighted by molar-refractivity contribution is -0.161. The average Bonchev–Trinajstić information content (AvgIpc) is 2.82. The molecule has 2 aliphatic heterocycles. The number of carbonyl (C=O) groups is 2. The summed E-state index contributed by atoms with van der Waals surface area (Å²) in [5.41, 5.74) is -0.153. The summed E-state index contributed by atoms with van der Waals surface area (Å²) < 4.78 is 11.5. The number of ether oxygens (including phenoxy) is 2. The van der Waals surface area contributed by atoms with E-state index in [1.165, 1.54) is 44.9 Å². The maximum Gasteiger partial charge on any atom is 0.334 e. The Labute approximate surface area is 253 Å². The van der Waals surface area contributed by atoms with Gasteiger partial charge in [-0.25, -0.2) is 4.79 Å². The number of piperidine rings is 2. The van der Waals surface area contributed by atoms with E-state index >= 15 is 0 Å². The van der Waals surface area contributed by atoms with E-state index in [1.54, 1.807) is 0 Å². The molecule has 0 radical (unpaired) electrons. The van der Waals surface area contributed by atoms with Gasteiger partial charge in [-0.05, 0) is 82.3 Å². The minimum Gasteiger partial charge on any atom is -0.462 e. The molecule has 2 rings (SSSR count). The standard InChI is InChI=1S/C25H44N2O4.C10H20/c1-17(21(29)31-19-15-24(6,7)27(11)25(8,9)16-19)12-20(28)30-18-13-22(2,3)26(10)23(4,5)14-18;1-3-5-7-9-10-8-6-4-2/h18-19H,1,12-16H2,2-11H3;3H,1,4-10H2,2H3. The van der Waals surface area contributed by atoms with Crippen LogP contribution in [0.1, 0.15) is 139 Å². The quantitative estimate of drug-likeness (QED) is 0.101. The second-order valence-corrected chi connectivity index (χ2v) is 14.9. The van der Waals surface area contributed by atoms with Crippen LogP contribution in [0, 0.1) is 0 Å². The van der Waals surface area contributed by atoms with Crippen LogP contribution in [0.5, 0.6) is 0 Å². The van der Waals surface area contributed by atoms with Crippen molar-refractivity contribution in [3.8, 4) is 0 Å². The van der Waals surface area contributed by atoms with Crippen molar-refractivity contribution in [1.29, 1.82) is 0 Å². The van der Waals surface area contributed by atoms with Crippen LogP contribution < -0.4 is 0 Å². The summed E-state index contributed by atoms with van der Waals surface area (Å²) >= 11 is 0. The Balaban J connectivity index is 0.000000716. The number of nitrogens with zero attached hydrogens (tertiary/aromatic N) is 2. The third kappa shape index (κ3) is 11.9. The summed E-state index contributed by atoms with van der Waals surface area (Å²) in [4.78, 5) is 29.9. The van der Waals surface area contributed by atoms with E-state index in [2.05, 4.69) is 99.4 Å². The smallest absolute Gasteiger partial charge is 0.334 e. The number of rotatable bonds is 12. The van der Waals surface area contributed by atoms with Crippen LogP contribution in [0.25, 0.3) is 0 Å². The lowest BCUT2D eigenvalue weighted by Crippen LogP contribution is -2.60. The Kier molecular flexibility index (Phi) is 14.3. The molecule has 6 nitrogen and oxygen atoms in total. The van der Waals surface area contributed by atoms with Crippen LogP contribution in [0.15, 0.2) is 24.8 Å². The third-order valence-corrected chi connectivity index (χ3v) is 9.52. The van der Waals surface area contributed by atoms with Gasteiger partial charge in [0.15, 0.2) is 0 Å². The van der Waals surface area contributed by atoms with E-state index in [0.717, 1.165) is 25.7 Å². The lowest BCUT2D eigenvalue weighted by Gasteiger charge is -2.53. The van der Waals surface area contributed by atoms with Crippen molar-refractivity contribution >= 4 is 11.9 Å². The Bertz CT molecular complexity index is 837. The molecule has 2 saturated heterocycles. The molecule has 0 bridgehead atoms. The highest BCUT2D eigenvalue weighted by Crippen LogP contribution is 2.39. The monoisotopic (exact) mass is 576 g/mol. The van der Waals surface area contributed by atoms with Crippen LogP contribution in [0.3, 0.4) is 0 Å². The molecule has 0 aliphatic carbocycles. The number of likely N-dealkylation sites (tertiary alicyclic amines) is 2. The topological polar surface area (TPSA) is 59.1 Å². The molecule has 2 fully saturated rings. The molecule has 0 aromatic rings. The Morgan fingerprint density at radius 3 is 1.54 bits per heavy atom. The molecule has 6 heteroatoms. The zero-order valence-corrected chi connectivity index (χ0v) is 28.7. The minimum atomic E-state index is -0.498. The number of allylic oxidation sites excluding steroid dienone is 1. The van der Waals surface area contributed by atoms with Gasteiger partial charge in [-0.2, -0.15) is 0 Å². The molecule has 0 saturated carbocycles. The second-order valence-electron chi connectivity index (χ2n) is 14.9. The van der Waals surface area contributed by atoms with Gasteiger partial charge in [-0.15, -0.1) is 6.58 Å². The average molecular weight is 577 g/mol. The van der Waals surface area contributed by atoms with Crippen molar-refractivity contribution in [1.82, 2.24) is 9.80 Å². The molecule has 0 unspecified atom stereocenters. The largest absolute Gasteiger partial charge is 0.462 e. The van der Waals surface area contributed by atoms with Crippen molar-refractivity contribution in [3.05, 3.63) is 24.8 Å². The van der Waals surface area contributed by atoms with E-state index in [1.807, 2.05) is 6.08 Å². The molecule has 41 heavy (non-hydrogen) atoms. The first-order valence-corrected chi connectivity index (χ1v) is 16.0. The molecule has 0 spiro atoms. The van der Waals surface area contributed by atoms with Gasteiger partial charge in [0.1, 0.15) is 12.2 Å². The lowest BCUT2D eigenvalue weighted by atomic mass is 9.78. The van der Waals surface area contributed by atoms with Gasteiger partial charge in [0.2, 0.25) is 0 Å². The molecule has 0 amide bonds. The number of hydrogen-bond acceptors (Lipinski definition) is 6. The molecule has 2 aliphatic rings. The summed E-state index contributed by atoms with van der Waals surface area (Å²) in [5, 5.41) is 0. The maximum atomic E-state index is 12.6. The number of hydrogen-bond donors (Lipinski definition) is 0. The fourth-order valence-corrected chi connectivity index (χ4v) is 6.50. The fraction of sp³-hybridized carbons (Fsp3) is 0.829. The number of unbranched alkanes of at least 4 members (excludes halogenated alkanes) is 6. The van der Waals surface area contributed by atoms with Crippen molar-refractivity contribution in [2.75, 3.05) is 14.1 Å². The van der Waals surface area contributed by atoms with E-state index in [-0.39, 0.29) is 46.4 Å². The summed E-state index contributed by atoms with van der Waals surface area (Å²) in [7, 11) is 4.22. The number of esters is 2. The first-order chi connectivity index (χ1) is 18.8. The molecule has 238 valence electrons. The van der Waals surface area contributed by atoms with Gasteiger partial charge < -0.3 is 9.47 Å². The summed E-state index contributed by atoms with van der Waals surface area (Å²) in [6.45, 7) is 27.0. The van der Waals surface area contributed by atoms with Crippen LogP contribution in [-0.2, 0) is 19.1 Å². The highest BCUT2D eigenvalue weighted by atomic mass is 16.6. The number of carbonyl (C=O) groups excluding carboxylic acids is 2. The van der Waals surface area contributed by atoms with Crippen LogP contribution in [-0.4, -0.2) is 70.2 Å². The molecule has 0 atom stereocenters. The van der Waals surface area contributed by atoms with E-state index in [0.29, 0.717) is 0 Å². The Morgan fingerprint density at radius 1 is 0.732 bits per heavy atom. The fourth-order valence-electron chi connectivity index (χ4n) is 6.50. The molecular formula is C35H64N2O4. The van der Waals surface area contributed by atoms with Crippen LogP contribution >= 0.6 is 0 Å². The third-order valence-electron chi connectivity index (χ3n) is 9.52. The van der Waals surface area contributed by atoms with Crippen molar-refractivity contribution < 1.29 is 19.1 Å². The van der Waals surface area contributed by atoms with Gasteiger partial charge in [0.05, 0.1) is 6.42 Å². The molecule has 0 N–H and O–H groups in total. The SMILES string of the molecule is C=C(CC(=O)OC1CC(C)(C)N(C)C(C)(C)C1)C(=O)OC1CC(C)(C)N(C)C(C)(C)C1.C=CCCCCCCCC. The first kappa shape index (κ1) is 37.4. The van der Waals surface area contributed by atoms with Gasteiger partial charge in [0.25, 0.3) is 0 Å². The van der Waals surface area contributed by atoms with Crippen LogP contribution in [0.2, 0.25) is 0 Å².